The zero-order valence-electron chi connectivity index (χ0n) is 15.9. The molecule has 0 saturated carbocycles. The molecular formula is C22H17N7O. The van der Waals surface area contributed by atoms with Crippen LogP contribution in [0, 0.1) is 11.3 Å². The van der Waals surface area contributed by atoms with Crippen molar-refractivity contribution in [2.24, 2.45) is 5.73 Å². The molecule has 3 heterocycles. The van der Waals surface area contributed by atoms with Gasteiger partial charge in [0, 0.05) is 35.9 Å². The Balaban J connectivity index is 1.73. The van der Waals surface area contributed by atoms with E-state index in [-0.39, 0.29) is 5.78 Å². The number of hydrogen-bond acceptors (Lipinski definition) is 7. The number of rotatable bonds is 6. The molecule has 0 aliphatic carbocycles. The zero-order chi connectivity index (χ0) is 20.9. The molecule has 0 radical (unpaired) electrons. The summed E-state index contributed by atoms with van der Waals surface area (Å²) >= 11 is 0. The first-order chi connectivity index (χ1) is 14.7. The van der Waals surface area contributed by atoms with Crippen LogP contribution in [0.3, 0.4) is 0 Å². The topological polar surface area (TPSA) is 123 Å². The van der Waals surface area contributed by atoms with Gasteiger partial charge in [0.1, 0.15) is 0 Å². The van der Waals surface area contributed by atoms with E-state index in [1.807, 2.05) is 6.07 Å². The van der Waals surface area contributed by atoms with Crippen LogP contribution in [0.2, 0.25) is 0 Å². The van der Waals surface area contributed by atoms with E-state index in [0.717, 1.165) is 5.56 Å². The highest BCUT2D eigenvalue weighted by Crippen LogP contribution is 2.24. The normalized spacial score (nSPS) is 10.5. The second-order valence-electron chi connectivity index (χ2n) is 6.52. The van der Waals surface area contributed by atoms with E-state index >= 15 is 0 Å². The first-order valence-corrected chi connectivity index (χ1v) is 9.26. The Bertz CT molecular complexity index is 1220. The van der Waals surface area contributed by atoms with Crippen LogP contribution in [0.1, 0.15) is 27.0 Å². The highest BCUT2D eigenvalue weighted by Gasteiger charge is 2.19. The van der Waals surface area contributed by atoms with Crippen LogP contribution in [-0.2, 0) is 6.42 Å². The molecule has 8 heteroatoms. The van der Waals surface area contributed by atoms with Crippen molar-refractivity contribution in [1.29, 1.82) is 5.26 Å². The summed E-state index contributed by atoms with van der Waals surface area (Å²) in [6.45, 7) is 0.504. The number of benzene rings is 1. The first kappa shape index (κ1) is 19.1. The van der Waals surface area contributed by atoms with E-state index < -0.39 is 0 Å². The number of nitriles is 1. The van der Waals surface area contributed by atoms with Gasteiger partial charge in [0.2, 0.25) is 0 Å². The van der Waals surface area contributed by atoms with E-state index in [1.54, 1.807) is 55.1 Å². The third-order valence-corrected chi connectivity index (χ3v) is 4.50. The van der Waals surface area contributed by atoms with Crippen LogP contribution in [0.4, 0.5) is 0 Å². The first-order valence-electron chi connectivity index (χ1n) is 9.26. The lowest BCUT2D eigenvalue weighted by atomic mass is 9.97. The number of hydrogen-bond donors (Lipinski definition) is 1. The van der Waals surface area contributed by atoms with Crippen molar-refractivity contribution in [1.82, 2.24) is 24.7 Å². The summed E-state index contributed by atoms with van der Waals surface area (Å²) in [6, 6.07) is 12.4. The lowest BCUT2D eigenvalue weighted by Crippen LogP contribution is -2.06. The minimum absolute atomic E-state index is 0.279. The molecule has 0 unspecified atom stereocenters. The van der Waals surface area contributed by atoms with Crippen molar-refractivity contribution in [3.8, 4) is 23.3 Å². The van der Waals surface area contributed by atoms with Gasteiger partial charge in [-0.25, -0.2) is 19.6 Å². The van der Waals surface area contributed by atoms with Crippen LogP contribution in [0.25, 0.3) is 17.2 Å². The molecular weight excluding hydrogens is 378 g/mol. The van der Waals surface area contributed by atoms with Gasteiger partial charge < -0.3 is 5.73 Å². The second-order valence-corrected chi connectivity index (χ2v) is 6.52. The van der Waals surface area contributed by atoms with Gasteiger partial charge in [0.05, 0.1) is 23.4 Å². The zero-order valence-corrected chi connectivity index (χ0v) is 15.9. The van der Waals surface area contributed by atoms with Crippen molar-refractivity contribution < 1.29 is 4.79 Å². The Morgan fingerprint density at radius 1 is 1.10 bits per heavy atom. The van der Waals surface area contributed by atoms with Gasteiger partial charge in [-0.3, -0.25) is 4.79 Å². The fourth-order valence-electron chi connectivity index (χ4n) is 3.00. The van der Waals surface area contributed by atoms with Crippen LogP contribution in [0.15, 0.2) is 67.4 Å². The average molecular weight is 395 g/mol. The molecule has 0 amide bonds. The predicted molar refractivity (Wildman–Crippen MR) is 110 cm³/mol. The molecule has 4 aromatic rings. The fourth-order valence-corrected chi connectivity index (χ4v) is 3.00. The molecule has 4 rings (SSSR count). The Hall–Kier alpha value is -4.22. The quantitative estimate of drug-likeness (QED) is 0.497. The maximum absolute atomic E-state index is 13.3. The van der Waals surface area contributed by atoms with Crippen LogP contribution >= 0.6 is 0 Å². The van der Waals surface area contributed by atoms with Gasteiger partial charge in [-0.1, -0.05) is 6.07 Å². The van der Waals surface area contributed by atoms with Crippen molar-refractivity contribution >= 4 is 5.78 Å². The number of pyridine rings is 1. The van der Waals surface area contributed by atoms with E-state index in [0.29, 0.717) is 46.9 Å². The molecule has 2 N–H and O–H groups in total. The molecule has 0 aliphatic heterocycles. The molecule has 8 nitrogen and oxygen atoms in total. The smallest absolute Gasteiger partial charge is 0.196 e. The average Bonchev–Trinajstić information content (AvgIpc) is 3.30. The second kappa shape index (κ2) is 8.43. The lowest BCUT2D eigenvalue weighted by Gasteiger charge is -2.08. The summed E-state index contributed by atoms with van der Waals surface area (Å²) in [5.74, 6) is 0.723. The molecule has 0 saturated heterocycles. The molecule has 30 heavy (non-hydrogen) atoms. The maximum atomic E-state index is 13.3. The lowest BCUT2D eigenvalue weighted by molar-refractivity contribution is 0.103. The summed E-state index contributed by atoms with van der Waals surface area (Å²) in [6.07, 6.45) is 8.80. The molecule has 0 aliphatic rings. The number of ketones is 1. The monoisotopic (exact) mass is 395 g/mol. The highest BCUT2D eigenvalue weighted by molar-refractivity contribution is 6.12. The van der Waals surface area contributed by atoms with Crippen molar-refractivity contribution in [3.05, 3.63) is 89.6 Å². The molecule has 3 aromatic heterocycles. The molecule has 0 fully saturated rings. The van der Waals surface area contributed by atoms with Gasteiger partial charge in [-0.05, 0) is 48.9 Å². The Morgan fingerprint density at radius 2 is 1.93 bits per heavy atom. The number of aromatic nitrogens is 5. The summed E-state index contributed by atoms with van der Waals surface area (Å²) in [5, 5.41) is 13.5. The maximum Gasteiger partial charge on any atom is 0.196 e. The summed E-state index contributed by atoms with van der Waals surface area (Å²) in [7, 11) is 0. The van der Waals surface area contributed by atoms with Gasteiger partial charge in [-0.2, -0.15) is 10.4 Å². The molecule has 1 aromatic carbocycles. The van der Waals surface area contributed by atoms with E-state index in [9.17, 15) is 10.1 Å². The van der Waals surface area contributed by atoms with Crippen molar-refractivity contribution in [2.75, 3.05) is 6.54 Å². The third kappa shape index (κ3) is 3.83. The Morgan fingerprint density at radius 3 is 2.63 bits per heavy atom. The van der Waals surface area contributed by atoms with Crippen LogP contribution in [0.5, 0.6) is 0 Å². The van der Waals surface area contributed by atoms with Gasteiger partial charge in [0.25, 0.3) is 0 Å². The number of carbonyl (C=O) groups is 1. The van der Waals surface area contributed by atoms with Crippen LogP contribution < -0.4 is 5.73 Å². The molecule has 0 atom stereocenters. The third-order valence-electron chi connectivity index (χ3n) is 4.50. The number of nitrogens with two attached hydrogens (primary N) is 1. The van der Waals surface area contributed by atoms with Gasteiger partial charge >= 0.3 is 0 Å². The van der Waals surface area contributed by atoms with Crippen molar-refractivity contribution in [2.45, 2.75) is 6.42 Å². The molecule has 0 bridgehead atoms. The summed E-state index contributed by atoms with van der Waals surface area (Å²) in [5.41, 5.74) is 8.11. The molecule has 146 valence electrons. The van der Waals surface area contributed by atoms with Crippen LogP contribution in [-0.4, -0.2) is 37.1 Å². The van der Waals surface area contributed by atoms with Gasteiger partial charge in [0.15, 0.2) is 17.4 Å². The Labute approximate surface area is 172 Å². The minimum Gasteiger partial charge on any atom is -0.330 e. The largest absolute Gasteiger partial charge is 0.330 e. The SMILES string of the molecule is N#Cc1ccc(-c2ncc(CCN)cn2)c(C(=O)c2cnn(-c3ccccn3)c2)c1. The van der Waals surface area contributed by atoms with Crippen molar-refractivity contribution in [3.63, 3.8) is 0 Å². The highest BCUT2D eigenvalue weighted by atomic mass is 16.1. The predicted octanol–water partition coefficient (Wildman–Crippen LogP) is 2.33. The van der Waals surface area contributed by atoms with E-state index in [4.69, 9.17) is 5.73 Å². The summed E-state index contributed by atoms with van der Waals surface area (Å²) in [4.78, 5) is 26.3. The minimum atomic E-state index is -0.279. The number of nitrogens with zero attached hydrogens (tertiary/aromatic N) is 6. The van der Waals surface area contributed by atoms with E-state index in [1.165, 1.54) is 10.9 Å². The van der Waals surface area contributed by atoms with E-state index in [2.05, 4.69) is 26.1 Å². The standard InChI is InChI=1S/C22H17N7O/c23-7-6-16-11-26-22(27-12-16)18-5-4-15(10-24)9-19(18)21(30)17-13-28-29(14-17)20-3-1-2-8-25-20/h1-5,8-9,11-14H,6-7,23H2. The fraction of sp³-hybridized carbons (Fsp3) is 0.0909. The van der Waals surface area contributed by atoms with Gasteiger partial charge in [-0.15, -0.1) is 0 Å². The summed E-state index contributed by atoms with van der Waals surface area (Å²) < 4.78 is 1.53. The Kier molecular flexibility index (Phi) is 5.37. The number of carbonyl (C=O) groups excluding carboxylic acids is 1. The molecule has 0 spiro atoms.